The van der Waals surface area contributed by atoms with Gasteiger partial charge in [-0.25, -0.2) is 9.97 Å². The predicted octanol–water partition coefficient (Wildman–Crippen LogP) is 0.455. The fourth-order valence-electron chi connectivity index (χ4n) is 2.10. The van der Waals surface area contributed by atoms with Crippen molar-refractivity contribution in [2.75, 3.05) is 0 Å². The van der Waals surface area contributed by atoms with Crippen molar-refractivity contribution in [2.24, 2.45) is 5.73 Å². The topological polar surface area (TPSA) is 96.7 Å². The number of nitrogens with one attached hydrogen (secondary N) is 2. The second kappa shape index (κ2) is 4.06. The average Bonchev–Trinajstić information content (AvgIpc) is 2.75. The van der Waals surface area contributed by atoms with Gasteiger partial charge in [0.05, 0.1) is 17.6 Å². The Balaban J connectivity index is 1.67. The third-order valence-electron chi connectivity index (χ3n) is 3.42. The lowest BCUT2D eigenvalue weighted by molar-refractivity contribution is -0.129. The van der Waals surface area contributed by atoms with Gasteiger partial charge in [-0.2, -0.15) is 0 Å². The lowest BCUT2D eigenvalue weighted by Crippen LogP contribution is -2.58. The van der Waals surface area contributed by atoms with E-state index in [0.29, 0.717) is 18.0 Å². The fourth-order valence-corrected chi connectivity index (χ4v) is 2.10. The van der Waals surface area contributed by atoms with Crippen LogP contribution in [0.1, 0.15) is 25.1 Å². The molecule has 3 rings (SSSR count). The van der Waals surface area contributed by atoms with Crippen LogP contribution in [-0.2, 0) is 11.3 Å². The van der Waals surface area contributed by atoms with Crippen LogP contribution in [-0.4, -0.2) is 26.4 Å². The number of aromatic amines is 1. The molecule has 2 aromatic heterocycles. The number of carbonyl (C=O) groups is 1. The number of imidazole rings is 1. The molecule has 1 fully saturated rings. The van der Waals surface area contributed by atoms with Crippen molar-refractivity contribution in [3.05, 3.63) is 24.2 Å². The van der Waals surface area contributed by atoms with Gasteiger partial charge in [-0.3, -0.25) is 4.79 Å². The number of fused-ring (bicyclic) bond motifs is 1. The molecule has 6 heteroatoms. The number of rotatable bonds is 3. The number of hydrogen-bond donors (Lipinski definition) is 3. The molecule has 0 radical (unpaired) electrons. The Hall–Kier alpha value is -1.95. The zero-order valence-corrected chi connectivity index (χ0v) is 9.94. The minimum atomic E-state index is -0.662. The van der Waals surface area contributed by atoms with Crippen LogP contribution in [0.15, 0.2) is 18.3 Å². The molecule has 0 saturated heterocycles. The lowest BCUT2D eigenvalue weighted by Gasteiger charge is -2.36. The Morgan fingerprint density at radius 3 is 3.06 bits per heavy atom. The number of aromatic nitrogens is 3. The van der Waals surface area contributed by atoms with E-state index in [0.717, 1.165) is 24.8 Å². The molecule has 0 spiro atoms. The molecule has 1 amide bonds. The molecule has 1 aliphatic carbocycles. The Bertz CT molecular complexity index is 554. The monoisotopic (exact) mass is 245 g/mol. The average molecular weight is 245 g/mol. The van der Waals surface area contributed by atoms with Gasteiger partial charge in [0, 0.05) is 6.20 Å². The summed E-state index contributed by atoms with van der Waals surface area (Å²) in [6.07, 6.45) is 4.24. The number of nitrogens with zero attached hydrogens (tertiary/aromatic N) is 2. The van der Waals surface area contributed by atoms with Gasteiger partial charge in [0.2, 0.25) is 5.91 Å². The van der Waals surface area contributed by atoms with Gasteiger partial charge in [0.25, 0.3) is 0 Å². The number of nitrogens with two attached hydrogens (primary N) is 1. The van der Waals surface area contributed by atoms with Gasteiger partial charge in [-0.15, -0.1) is 0 Å². The van der Waals surface area contributed by atoms with Crippen molar-refractivity contribution in [2.45, 2.75) is 31.3 Å². The first-order valence-corrected chi connectivity index (χ1v) is 6.04. The molecule has 0 bridgehead atoms. The third-order valence-corrected chi connectivity index (χ3v) is 3.42. The van der Waals surface area contributed by atoms with Crippen LogP contribution in [0, 0.1) is 0 Å². The molecular formula is C12H15N5O. The van der Waals surface area contributed by atoms with E-state index in [1.165, 1.54) is 0 Å². The first kappa shape index (κ1) is 11.2. The fraction of sp³-hybridized carbons (Fsp3) is 0.417. The zero-order chi connectivity index (χ0) is 12.6. The van der Waals surface area contributed by atoms with Crippen molar-refractivity contribution >= 4 is 17.1 Å². The van der Waals surface area contributed by atoms with Crippen LogP contribution in [0.4, 0.5) is 0 Å². The molecule has 0 unspecified atom stereocenters. The summed E-state index contributed by atoms with van der Waals surface area (Å²) in [6.45, 7) is 0.355. The van der Waals surface area contributed by atoms with Crippen molar-refractivity contribution < 1.29 is 4.79 Å². The van der Waals surface area contributed by atoms with Crippen LogP contribution >= 0.6 is 0 Å². The zero-order valence-electron chi connectivity index (χ0n) is 9.94. The smallest absolute Gasteiger partial charge is 0.240 e. The van der Waals surface area contributed by atoms with E-state index < -0.39 is 5.54 Å². The SMILES string of the molecule is NC1(C(=O)NCc2nc3ncccc3[nH]2)CCC1. The van der Waals surface area contributed by atoms with Crippen LogP contribution in [0.2, 0.25) is 0 Å². The highest BCUT2D eigenvalue weighted by atomic mass is 16.2. The maximum Gasteiger partial charge on any atom is 0.240 e. The van der Waals surface area contributed by atoms with Gasteiger partial charge in [0.15, 0.2) is 5.65 Å². The summed E-state index contributed by atoms with van der Waals surface area (Å²) in [5.41, 5.74) is 6.80. The summed E-state index contributed by atoms with van der Waals surface area (Å²) >= 11 is 0. The Kier molecular flexibility index (Phi) is 2.52. The van der Waals surface area contributed by atoms with Gasteiger partial charge in [-0.05, 0) is 31.4 Å². The second-order valence-corrected chi connectivity index (χ2v) is 4.75. The Labute approximate surface area is 104 Å². The van der Waals surface area contributed by atoms with Gasteiger partial charge >= 0.3 is 0 Å². The maximum absolute atomic E-state index is 11.8. The van der Waals surface area contributed by atoms with Crippen LogP contribution < -0.4 is 11.1 Å². The summed E-state index contributed by atoms with van der Waals surface area (Å²) in [7, 11) is 0. The van der Waals surface area contributed by atoms with E-state index in [9.17, 15) is 4.79 Å². The molecule has 4 N–H and O–H groups in total. The van der Waals surface area contributed by atoms with E-state index in [1.807, 2.05) is 12.1 Å². The number of carbonyl (C=O) groups excluding carboxylic acids is 1. The predicted molar refractivity (Wildman–Crippen MR) is 66.5 cm³/mol. The van der Waals surface area contributed by atoms with E-state index in [-0.39, 0.29) is 5.91 Å². The van der Waals surface area contributed by atoms with E-state index in [4.69, 9.17) is 5.73 Å². The molecule has 2 aromatic rings. The van der Waals surface area contributed by atoms with Crippen LogP contribution in [0.3, 0.4) is 0 Å². The standard InChI is InChI=1S/C12H15N5O/c13-12(4-2-5-12)11(18)15-7-9-16-8-3-1-6-14-10(8)17-9/h1,3,6H,2,4-5,7,13H2,(H,15,18)(H,14,16,17). The van der Waals surface area contributed by atoms with Crippen molar-refractivity contribution in [3.8, 4) is 0 Å². The van der Waals surface area contributed by atoms with Crippen molar-refractivity contribution in [3.63, 3.8) is 0 Å². The van der Waals surface area contributed by atoms with E-state index in [1.54, 1.807) is 6.20 Å². The highest BCUT2D eigenvalue weighted by Crippen LogP contribution is 2.29. The highest BCUT2D eigenvalue weighted by molar-refractivity contribution is 5.87. The van der Waals surface area contributed by atoms with Crippen molar-refractivity contribution in [1.29, 1.82) is 0 Å². The summed E-state index contributed by atoms with van der Waals surface area (Å²) in [5, 5.41) is 2.82. The Morgan fingerprint density at radius 1 is 1.56 bits per heavy atom. The first-order chi connectivity index (χ1) is 8.67. The van der Waals surface area contributed by atoms with E-state index in [2.05, 4.69) is 20.3 Å². The molecule has 0 aliphatic heterocycles. The van der Waals surface area contributed by atoms with Gasteiger partial charge < -0.3 is 16.0 Å². The molecule has 0 atom stereocenters. The number of hydrogen-bond acceptors (Lipinski definition) is 4. The molecule has 2 heterocycles. The number of amides is 1. The Morgan fingerprint density at radius 2 is 2.39 bits per heavy atom. The summed E-state index contributed by atoms with van der Waals surface area (Å²) < 4.78 is 0. The summed E-state index contributed by atoms with van der Waals surface area (Å²) in [4.78, 5) is 23.4. The molecule has 6 nitrogen and oxygen atoms in total. The lowest BCUT2D eigenvalue weighted by atomic mass is 9.77. The summed E-state index contributed by atoms with van der Waals surface area (Å²) in [6, 6.07) is 3.74. The van der Waals surface area contributed by atoms with Gasteiger partial charge in [-0.1, -0.05) is 0 Å². The van der Waals surface area contributed by atoms with Crippen LogP contribution in [0.5, 0.6) is 0 Å². The third kappa shape index (κ3) is 1.84. The van der Waals surface area contributed by atoms with Crippen molar-refractivity contribution in [1.82, 2.24) is 20.3 Å². The highest BCUT2D eigenvalue weighted by Gasteiger charge is 2.39. The van der Waals surface area contributed by atoms with Crippen LogP contribution in [0.25, 0.3) is 11.2 Å². The minimum Gasteiger partial charge on any atom is -0.347 e. The molecular weight excluding hydrogens is 230 g/mol. The minimum absolute atomic E-state index is 0.0952. The maximum atomic E-state index is 11.8. The largest absolute Gasteiger partial charge is 0.347 e. The molecule has 1 saturated carbocycles. The molecule has 1 aliphatic rings. The first-order valence-electron chi connectivity index (χ1n) is 6.04. The second-order valence-electron chi connectivity index (χ2n) is 4.75. The van der Waals surface area contributed by atoms with Gasteiger partial charge in [0.1, 0.15) is 5.82 Å². The normalized spacial score (nSPS) is 17.4. The molecule has 0 aromatic carbocycles. The molecule has 94 valence electrons. The number of pyridine rings is 1. The summed E-state index contributed by atoms with van der Waals surface area (Å²) in [5.74, 6) is 0.599. The quantitative estimate of drug-likeness (QED) is 0.731. The number of H-pyrrole nitrogens is 1. The molecule has 18 heavy (non-hydrogen) atoms. The van der Waals surface area contributed by atoms with E-state index >= 15 is 0 Å².